The minimum atomic E-state index is -0.838. The number of amides is 2. The van der Waals surface area contributed by atoms with Crippen LogP contribution in [-0.2, 0) is 9.59 Å². The molecule has 0 spiro atoms. The first kappa shape index (κ1) is 19.0. The minimum Gasteiger partial charge on any atom is -0.481 e. The molecule has 1 aromatic carbocycles. The van der Waals surface area contributed by atoms with E-state index in [9.17, 15) is 19.5 Å². The van der Waals surface area contributed by atoms with E-state index in [1.807, 2.05) is 13.8 Å². The highest BCUT2D eigenvalue weighted by Gasteiger charge is 2.31. The Bertz CT molecular complexity index is 640. The number of carbonyl (C=O) groups is 3. The molecule has 0 aromatic heterocycles. The number of benzene rings is 1. The predicted octanol–water partition coefficient (Wildman–Crippen LogP) is 3.00. The van der Waals surface area contributed by atoms with Crippen molar-refractivity contribution in [3.8, 4) is 0 Å². The maximum atomic E-state index is 12.6. The molecule has 2 N–H and O–H groups in total. The highest BCUT2D eigenvalue weighted by Crippen LogP contribution is 2.30. The number of nitrogens with one attached hydrogen (secondary N) is 1. The molecule has 1 aliphatic carbocycles. The second-order valence-electron chi connectivity index (χ2n) is 6.41. The molecular formula is C19H26N2O4. The Morgan fingerprint density at radius 1 is 1.12 bits per heavy atom. The van der Waals surface area contributed by atoms with E-state index in [0.717, 1.165) is 6.42 Å². The van der Waals surface area contributed by atoms with E-state index in [-0.39, 0.29) is 17.7 Å². The minimum absolute atomic E-state index is 0.118. The summed E-state index contributed by atoms with van der Waals surface area (Å²) in [6.07, 6.45) is 2.39. The van der Waals surface area contributed by atoms with Crippen LogP contribution in [0, 0.1) is 11.8 Å². The lowest BCUT2D eigenvalue weighted by molar-refractivity contribution is -0.143. The fourth-order valence-corrected chi connectivity index (χ4v) is 3.35. The number of nitrogens with zero attached hydrogens (tertiary/aromatic N) is 1. The van der Waals surface area contributed by atoms with Crippen LogP contribution in [0.2, 0.25) is 0 Å². The molecule has 2 atom stereocenters. The first-order valence-electron chi connectivity index (χ1n) is 8.89. The Kier molecular flexibility index (Phi) is 6.56. The van der Waals surface area contributed by atoms with Gasteiger partial charge in [0.1, 0.15) is 0 Å². The van der Waals surface area contributed by atoms with Crippen LogP contribution in [0.25, 0.3) is 0 Å². The molecule has 0 aliphatic heterocycles. The summed E-state index contributed by atoms with van der Waals surface area (Å²) in [6.45, 7) is 5.02. The molecule has 136 valence electrons. The highest BCUT2D eigenvalue weighted by molar-refractivity contribution is 6.04. The van der Waals surface area contributed by atoms with Gasteiger partial charge in [-0.2, -0.15) is 0 Å². The first-order chi connectivity index (χ1) is 12.0. The van der Waals surface area contributed by atoms with Gasteiger partial charge in [0.25, 0.3) is 5.91 Å². The van der Waals surface area contributed by atoms with Crippen LogP contribution in [0.3, 0.4) is 0 Å². The van der Waals surface area contributed by atoms with E-state index in [1.54, 1.807) is 29.2 Å². The quantitative estimate of drug-likeness (QED) is 0.829. The van der Waals surface area contributed by atoms with Gasteiger partial charge in [0.15, 0.2) is 0 Å². The predicted molar refractivity (Wildman–Crippen MR) is 95.4 cm³/mol. The second kappa shape index (κ2) is 8.65. The zero-order valence-electron chi connectivity index (χ0n) is 14.8. The van der Waals surface area contributed by atoms with Crippen LogP contribution in [0.1, 0.15) is 49.9 Å². The summed E-state index contributed by atoms with van der Waals surface area (Å²) >= 11 is 0. The monoisotopic (exact) mass is 346 g/mol. The topological polar surface area (TPSA) is 86.7 Å². The molecule has 25 heavy (non-hydrogen) atoms. The van der Waals surface area contributed by atoms with Gasteiger partial charge in [0, 0.05) is 19.0 Å². The van der Waals surface area contributed by atoms with Gasteiger partial charge in [0.05, 0.1) is 17.2 Å². The SMILES string of the molecule is CCN(CC)C(=O)c1ccccc1NC(=O)C1CCCC(C(=O)O)C1. The zero-order valence-corrected chi connectivity index (χ0v) is 14.8. The van der Waals surface area contributed by atoms with E-state index in [1.165, 1.54) is 0 Å². The highest BCUT2D eigenvalue weighted by atomic mass is 16.4. The van der Waals surface area contributed by atoms with Crippen molar-refractivity contribution in [3.05, 3.63) is 29.8 Å². The lowest BCUT2D eigenvalue weighted by Gasteiger charge is -2.26. The summed E-state index contributed by atoms with van der Waals surface area (Å²) in [4.78, 5) is 38.1. The molecule has 1 fully saturated rings. The van der Waals surface area contributed by atoms with E-state index >= 15 is 0 Å². The average molecular weight is 346 g/mol. The van der Waals surface area contributed by atoms with Crippen LogP contribution >= 0.6 is 0 Å². The average Bonchev–Trinajstić information content (AvgIpc) is 2.63. The summed E-state index contributed by atoms with van der Waals surface area (Å²) in [5, 5.41) is 12.0. The summed E-state index contributed by atoms with van der Waals surface area (Å²) in [5.74, 6) is -1.95. The first-order valence-corrected chi connectivity index (χ1v) is 8.89. The van der Waals surface area contributed by atoms with Crippen molar-refractivity contribution in [1.82, 2.24) is 4.90 Å². The third-order valence-corrected chi connectivity index (χ3v) is 4.86. The molecule has 0 heterocycles. The molecule has 2 unspecified atom stereocenters. The lowest BCUT2D eigenvalue weighted by atomic mass is 9.81. The molecule has 0 radical (unpaired) electrons. The maximum absolute atomic E-state index is 12.6. The largest absolute Gasteiger partial charge is 0.481 e. The molecular weight excluding hydrogens is 320 g/mol. The Balaban J connectivity index is 2.13. The Morgan fingerprint density at radius 2 is 1.76 bits per heavy atom. The third kappa shape index (κ3) is 4.59. The third-order valence-electron chi connectivity index (χ3n) is 4.86. The van der Waals surface area contributed by atoms with Crippen molar-refractivity contribution < 1.29 is 19.5 Å². The molecule has 0 saturated heterocycles. The molecule has 6 nitrogen and oxygen atoms in total. The standard InChI is InChI=1S/C19H26N2O4/c1-3-21(4-2)18(23)15-10-5-6-11-16(15)20-17(22)13-8-7-9-14(12-13)19(24)25/h5-6,10-11,13-14H,3-4,7-9,12H2,1-2H3,(H,20,22)(H,24,25). The molecule has 1 aliphatic rings. The van der Waals surface area contributed by atoms with E-state index in [0.29, 0.717) is 43.6 Å². The van der Waals surface area contributed by atoms with Crippen molar-refractivity contribution in [2.24, 2.45) is 11.8 Å². The van der Waals surface area contributed by atoms with Crippen molar-refractivity contribution in [3.63, 3.8) is 0 Å². The number of aliphatic carboxylic acids is 1. The molecule has 1 saturated carbocycles. The fraction of sp³-hybridized carbons (Fsp3) is 0.526. The van der Waals surface area contributed by atoms with Crippen LogP contribution in [-0.4, -0.2) is 40.9 Å². The molecule has 2 rings (SSSR count). The van der Waals surface area contributed by atoms with Crippen molar-refractivity contribution in [2.75, 3.05) is 18.4 Å². The normalized spacial score (nSPS) is 19.9. The lowest BCUT2D eigenvalue weighted by Crippen LogP contribution is -2.33. The van der Waals surface area contributed by atoms with Gasteiger partial charge in [-0.3, -0.25) is 14.4 Å². The number of hydrogen-bond acceptors (Lipinski definition) is 3. The van der Waals surface area contributed by atoms with Crippen LogP contribution < -0.4 is 5.32 Å². The summed E-state index contributed by atoms with van der Waals surface area (Å²) in [7, 11) is 0. The number of carbonyl (C=O) groups excluding carboxylic acids is 2. The molecule has 6 heteroatoms. The fourth-order valence-electron chi connectivity index (χ4n) is 3.35. The summed E-state index contributed by atoms with van der Waals surface area (Å²) in [6, 6.07) is 6.96. The van der Waals surface area contributed by atoms with Gasteiger partial charge < -0.3 is 15.3 Å². The van der Waals surface area contributed by atoms with Crippen LogP contribution in [0.5, 0.6) is 0 Å². The van der Waals surface area contributed by atoms with Crippen molar-refractivity contribution in [2.45, 2.75) is 39.5 Å². The van der Waals surface area contributed by atoms with E-state index < -0.39 is 11.9 Å². The van der Waals surface area contributed by atoms with Crippen molar-refractivity contribution >= 4 is 23.5 Å². The second-order valence-corrected chi connectivity index (χ2v) is 6.41. The summed E-state index contributed by atoms with van der Waals surface area (Å²) < 4.78 is 0. The van der Waals surface area contributed by atoms with Crippen molar-refractivity contribution in [1.29, 1.82) is 0 Å². The molecule has 0 bridgehead atoms. The number of hydrogen-bond donors (Lipinski definition) is 2. The van der Waals surface area contributed by atoms with Gasteiger partial charge >= 0.3 is 5.97 Å². The Morgan fingerprint density at radius 3 is 2.40 bits per heavy atom. The molecule has 1 aromatic rings. The maximum Gasteiger partial charge on any atom is 0.306 e. The number of rotatable bonds is 6. The van der Waals surface area contributed by atoms with E-state index in [2.05, 4.69) is 5.32 Å². The van der Waals surface area contributed by atoms with Crippen LogP contribution in [0.4, 0.5) is 5.69 Å². The van der Waals surface area contributed by atoms with Gasteiger partial charge in [-0.05, 0) is 45.2 Å². The molecule has 2 amide bonds. The van der Waals surface area contributed by atoms with Crippen LogP contribution in [0.15, 0.2) is 24.3 Å². The Hall–Kier alpha value is -2.37. The smallest absolute Gasteiger partial charge is 0.306 e. The number of carboxylic acids is 1. The summed E-state index contributed by atoms with van der Waals surface area (Å²) in [5.41, 5.74) is 0.951. The number of carboxylic acid groups (broad SMARTS) is 1. The number of anilines is 1. The van der Waals surface area contributed by atoms with Gasteiger partial charge in [-0.25, -0.2) is 0 Å². The van der Waals surface area contributed by atoms with Gasteiger partial charge in [-0.15, -0.1) is 0 Å². The van der Waals surface area contributed by atoms with Gasteiger partial charge in [-0.1, -0.05) is 18.6 Å². The van der Waals surface area contributed by atoms with E-state index in [4.69, 9.17) is 0 Å². The van der Waals surface area contributed by atoms with Gasteiger partial charge in [0.2, 0.25) is 5.91 Å². The zero-order chi connectivity index (χ0) is 18.4. The Labute approximate surface area is 148 Å². The number of para-hydroxylation sites is 1.